The summed E-state index contributed by atoms with van der Waals surface area (Å²) in [5.74, 6) is 0.788. The van der Waals surface area contributed by atoms with Crippen LogP contribution in [0, 0.1) is 0 Å². The van der Waals surface area contributed by atoms with E-state index in [1.54, 1.807) is 55.9 Å². The van der Waals surface area contributed by atoms with Crippen molar-refractivity contribution >= 4 is 11.7 Å². The van der Waals surface area contributed by atoms with E-state index >= 15 is 4.39 Å². The number of rotatable bonds is 4. The predicted octanol–water partition coefficient (Wildman–Crippen LogP) is 3.63. The third kappa shape index (κ3) is 4.03. The molecule has 1 N–H and O–H groups in total. The highest BCUT2D eigenvalue weighted by atomic mass is 19.1. The second kappa shape index (κ2) is 7.86. The minimum atomic E-state index is -1.90. The summed E-state index contributed by atoms with van der Waals surface area (Å²) in [5, 5.41) is 6.65. The molecule has 8 nitrogen and oxygen atoms in total. The molecule has 3 aromatic rings. The molecule has 1 fully saturated rings. The van der Waals surface area contributed by atoms with Crippen molar-refractivity contribution in [1.29, 1.82) is 0 Å². The van der Waals surface area contributed by atoms with Crippen molar-refractivity contribution in [2.75, 3.05) is 25.5 Å². The number of carbonyl (C=O) groups is 1. The molecule has 2 amide bonds. The van der Waals surface area contributed by atoms with Gasteiger partial charge in [0.15, 0.2) is 0 Å². The van der Waals surface area contributed by atoms with Crippen molar-refractivity contribution in [3.8, 4) is 17.1 Å². The van der Waals surface area contributed by atoms with E-state index in [0.717, 1.165) is 0 Å². The van der Waals surface area contributed by atoms with E-state index in [-0.39, 0.29) is 24.7 Å². The number of anilines is 1. The first-order valence-electron chi connectivity index (χ1n) is 9.21. The molecule has 9 heteroatoms. The first-order valence-corrected chi connectivity index (χ1v) is 9.21. The fourth-order valence-electron chi connectivity index (χ4n) is 3.29. The normalized spacial score (nSPS) is 19.0. The van der Waals surface area contributed by atoms with Crippen LogP contribution in [0.15, 0.2) is 53.3 Å². The summed E-state index contributed by atoms with van der Waals surface area (Å²) in [7, 11) is 1.55. The summed E-state index contributed by atoms with van der Waals surface area (Å²) in [5.41, 5.74) is -0.647. The predicted molar refractivity (Wildman–Crippen MR) is 103 cm³/mol. The Balaban J connectivity index is 1.48. The molecule has 1 atom stereocenters. The molecule has 0 radical (unpaired) electrons. The number of methoxy groups -OCH3 is 1. The van der Waals surface area contributed by atoms with Crippen LogP contribution < -0.4 is 10.1 Å². The number of aromatic nitrogens is 3. The summed E-state index contributed by atoms with van der Waals surface area (Å²) in [6.45, 7) is 0.271. The molecule has 1 aromatic carbocycles. The second-order valence-corrected chi connectivity index (χ2v) is 6.81. The molecule has 0 spiro atoms. The fourth-order valence-corrected chi connectivity index (χ4v) is 3.29. The van der Waals surface area contributed by atoms with Crippen molar-refractivity contribution in [3.05, 3.63) is 54.7 Å². The molecule has 1 aliphatic rings. The Morgan fingerprint density at radius 1 is 1.31 bits per heavy atom. The van der Waals surface area contributed by atoms with E-state index in [0.29, 0.717) is 30.0 Å². The van der Waals surface area contributed by atoms with Crippen LogP contribution in [0.5, 0.6) is 5.75 Å². The Kier molecular flexibility index (Phi) is 5.11. The maximum atomic E-state index is 15.7. The van der Waals surface area contributed by atoms with Crippen LogP contribution in [0.3, 0.4) is 0 Å². The van der Waals surface area contributed by atoms with E-state index < -0.39 is 11.7 Å². The summed E-state index contributed by atoms with van der Waals surface area (Å²) < 4.78 is 26.0. The van der Waals surface area contributed by atoms with Crippen LogP contribution >= 0.6 is 0 Å². The first-order chi connectivity index (χ1) is 14.1. The Labute approximate surface area is 166 Å². The van der Waals surface area contributed by atoms with Gasteiger partial charge in [0, 0.05) is 36.3 Å². The van der Waals surface area contributed by atoms with Gasteiger partial charge in [0.05, 0.1) is 13.7 Å². The fraction of sp³-hybridized carbons (Fsp3) is 0.300. The number of nitrogens with one attached hydrogen (secondary N) is 1. The number of likely N-dealkylation sites (tertiary alicyclic amines) is 1. The van der Waals surface area contributed by atoms with E-state index in [1.807, 2.05) is 0 Å². The summed E-state index contributed by atoms with van der Waals surface area (Å²) in [6.07, 6.45) is 3.88. The van der Waals surface area contributed by atoms with E-state index in [1.165, 1.54) is 4.90 Å². The molecule has 0 saturated carbocycles. The number of urea groups is 1. The number of amides is 2. The van der Waals surface area contributed by atoms with Gasteiger partial charge in [-0.3, -0.25) is 4.98 Å². The minimum absolute atomic E-state index is 0.122. The standard InChI is InChI=1S/C20H20FN5O3/c1-28-16-5-2-4-15(12-16)23-19(27)26-11-3-8-20(21,13-26)18-24-17(25-29-18)14-6-9-22-10-7-14/h2,4-7,9-10,12H,3,8,11,13H2,1H3,(H,23,27). The lowest BCUT2D eigenvalue weighted by Crippen LogP contribution is -2.48. The van der Waals surface area contributed by atoms with Gasteiger partial charge >= 0.3 is 6.03 Å². The number of piperidine rings is 1. The highest BCUT2D eigenvalue weighted by Gasteiger charge is 2.44. The van der Waals surface area contributed by atoms with E-state index in [2.05, 4.69) is 20.4 Å². The number of pyridine rings is 1. The van der Waals surface area contributed by atoms with Crippen LogP contribution in [0.2, 0.25) is 0 Å². The van der Waals surface area contributed by atoms with Crippen molar-refractivity contribution in [1.82, 2.24) is 20.0 Å². The number of carbonyl (C=O) groups excluding carboxylic acids is 1. The number of alkyl halides is 1. The average molecular weight is 397 g/mol. The molecular formula is C20H20FN5O3. The van der Waals surface area contributed by atoms with Gasteiger partial charge in [0.1, 0.15) is 5.75 Å². The van der Waals surface area contributed by atoms with Gasteiger partial charge in [-0.15, -0.1) is 0 Å². The van der Waals surface area contributed by atoms with Gasteiger partial charge in [-0.25, -0.2) is 9.18 Å². The number of benzene rings is 1. The van der Waals surface area contributed by atoms with E-state index in [9.17, 15) is 4.79 Å². The molecule has 29 heavy (non-hydrogen) atoms. The van der Waals surface area contributed by atoms with Gasteiger partial charge in [-0.2, -0.15) is 4.98 Å². The summed E-state index contributed by atoms with van der Waals surface area (Å²) >= 11 is 0. The smallest absolute Gasteiger partial charge is 0.321 e. The number of ether oxygens (including phenoxy) is 1. The third-order valence-electron chi connectivity index (χ3n) is 4.80. The first kappa shape index (κ1) is 18.9. The Morgan fingerprint density at radius 2 is 2.14 bits per heavy atom. The van der Waals surface area contributed by atoms with E-state index in [4.69, 9.17) is 9.26 Å². The van der Waals surface area contributed by atoms with Gasteiger partial charge in [-0.05, 0) is 37.1 Å². The molecule has 1 unspecified atom stereocenters. The van der Waals surface area contributed by atoms with Crippen molar-refractivity contribution in [3.63, 3.8) is 0 Å². The molecule has 150 valence electrons. The molecule has 1 aliphatic heterocycles. The Hall–Kier alpha value is -3.49. The zero-order valence-corrected chi connectivity index (χ0v) is 15.8. The number of nitrogens with zero attached hydrogens (tertiary/aromatic N) is 4. The molecular weight excluding hydrogens is 377 g/mol. The van der Waals surface area contributed by atoms with Gasteiger partial charge in [0.25, 0.3) is 5.89 Å². The molecule has 4 rings (SSSR count). The number of hydrogen-bond donors (Lipinski definition) is 1. The van der Waals surface area contributed by atoms with Crippen LogP contribution in [-0.4, -0.2) is 46.3 Å². The molecule has 0 bridgehead atoms. The largest absolute Gasteiger partial charge is 0.497 e. The Bertz CT molecular complexity index is 997. The molecule has 1 saturated heterocycles. The quantitative estimate of drug-likeness (QED) is 0.723. The maximum Gasteiger partial charge on any atom is 0.321 e. The molecule has 0 aliphatic carbocycles. The highest BCUT2D eigenvalue weighted by molar-refractivity contribution is 5.89. The third-order valence-corrected chi connectivity index (χ3v) is 4.80. The van der Waals surface area contributed by atoms with Crippen molar-refractivity contribution < 1.29 is 18.4 Å². The monoisotopic (exact) mass is 397 g/mol. The molecule has 2 aromatic heterocycles. The van der Waals surface area contributed by atoms with Crippen LogP contribution in [0.4, 0.5) is 14.9 Å². The second-order valence-electron chi connectivity index (χ2n) is 6.81. The van der Waals surface area contributed by atoms with Crippen molar-refractivity contribution in [2.24, 2.45) is 0 Å². The van der Waals surface area contributed by atoms with Gasteiger partial charge < -0.3 is 19.5 Å². The number of halogens is 1. The van der Waals surface area contributed by atoms with Gasteiger partial charge in [-0.1, -0.05) is 11.2 Å². The number of hydrogen-bond acceptors (Lipinski definition) is 6. The van der Waals surface area contributed by atoms with Gasteiger partial charge in [0.2, 0.25) is 11.5 Å². The zero-order chi connectivity index (χ0) is 20.3. The lowest BCUT2D eigenvalue weighted by atomic mass is 9.94. The topological polar surface area (TPSA) is 93.4 Å². The maximum absolute atomic E-state index is 15.7. The Morgan fingerprint density at radius 3 is 2.93 bits per heavy atom. The minimum Gasteiger partial charge on any atom is -0.497 e. The van der Waals surface area contributed by atoms with Crippen molar-refractivity contribution in [2.45, 2.75) is 18.5 Å². The molecule has 3 heterocycles. The highest BCUT2D eigenvalue weighted by Crippen LogP contribution is 2.35. The summed E-state index contributed by atoms with van der Waals surface area (Å²) in [6, 6.07) is 10.0. The summed E-state index contributed by atoms with van der Waals surface area (Å²) in [4.78, 5) is 22.2. The lowest BCUT2D eigenvalue weighted by molar-refractivity contribution is 0.0333. The van der Waals surface area contributed by atoms with Crippen LogP contribution in [0.25, 0.3) is 11.4 Å². The lowest BCUT2D eigenvalue weighted by Gasteiger charge is -2.35. The van der Waals surface area contributed by atoms with Crippen LogP contribution in [-0.2, 0) is 5.67 Å². The average Bonchev–Trinajstić information content (AvgIpc) is 3.26. The zero-order valence-electron chi connectivity index (χ0n) is 15.8. The SMILES string of the molecule is COc1cccc(NC(=O)N2CCCC(F)(c3nc(-c4ccncc4)no3)C2)c1. The van der Waals surface area contributed by atoms with Crippen LogP contribution in [0.1, 0.15) is 18.7 Å².